The number of hydrogen-bond donors (Lipinski definition) is 0. The van der Waals surface area contributed by atoms with Crippen molar-refractivity contribution in [3.05, 3.63) is 35.9 Å². The Labute approximate surface area is 157 Å². The van der Waals surface area contributed by atoms with Crippen LogP contribution >= 0.6 is 0 Å². The quantitative estimate of drug-likeness (QED) is 0.664. The molecule has 3 aromatic heterocycles. The van der Waals surface area contributed by atoms with Gasteiger partial charge in [-0.2, -0.15) is 4.98 Å². The van der Waals surface area contributed by atoms with E-state index in [9.17, 15) is 4.79 Å². The van der Waals surface area contributed by atoms with E-state index in [1.807, 2.05) is 26.2 Å². The van der Waals surface area contributed by atoms with Crippen molar-refractivity contribution in [3.8, 4) is 0 Å². The SMILES string of the molecule is CCc1noc(CN(CC)C(=O)c2cnc3c(c2)ncn3C2CCCC2)n1. The van der Waals surface area contributed by atoms with Crippen LogP contribution in [-0.2, 0) is 13.0 Å². The minimum atomic E-state index is -0.112. The molecule has 3 aromatic rings. The van der Waals surface area contributed by atoms with E-state index in [2.05, 4.69) is 24.7 Å². The summed E-state index contributed by atoms with van der Waals surface area (Å²) in [5, 5.41) is 3.89. The Morgan fingerprint density at radius 3 is 2.81 bits per heavy atom. The number of imidazole rings is 1. The first kappa shape index (κ1) is 17.6. The maximum atomic E-state index is 12.9. The van der Waals surface area contributed by atoms with Gasteiger partial charge in [0, 0.05) is 25.2 Å². The largest absolute Gasteiger partial charge is 0.337 e. The van der Waals surface area contributed by atoms with Gasteiger partial charge in [0.1, 0.15) is 12.1 Å². The lowest BCUT2D eigenvalue weighted by molar-refractivity contribution is 0.0734. The highest BCUT2D eigenvalue weighted by atomic mass is 16.5. The average molecular weight is 368 g/mol. The number of fused-ring (bicyclic) bond motifs is 1. The third kappa shape index (κ3) is 3.43. The summed E-state index contributed by atoms with van der Waals surface area (Å²) in [4.78, 5) is 27.9. The number of pyridine rings is 1. The van der Waals surface area contributed by atoms with Crippen LogP contribution in [0.5, 0.6) is 0 Å². The highest BCUT2D eigenvalue weighted by Crippen LogP contribution is 2.31. The molecule has 1 aliphatic rings. The number of hydrogen-bond acceptors (Lipinski definition) is 6. The van der Waals surface area contributed by atoms with Crippen molar-refractivity contribution in [1.29, 1.82) is 0 Å². The molecular formula is C19H24N6O2. The molecule has 0 aromatic carbocycles. The minimum Gasteiger partial charge on any atom is -0.337 e. The molecule has 0 radical (unpaired) electrons. The van der Waals surface area contributed by atoms with Gasteiger partial charge >= 0.3 is 0 Å². The number of nitrogens with zero attached hydrogens (tertiary/aromatic N) is 6. The first-order chi connectivity index (χ1) is 13.2. The molecule has 1 amide bonds. The van der Waals surface area contributed by atoms with Crippen molar-refractivity contribution in [2.45, 2.75) is 58.5 Å². The molecule has 8 heteroatoms. The van der Waals surface area contributed by atoms with Crippen LogP contribution in [0.2, 0.25) is 0 Å². The van der Waals surface area contributed by atoms with Gasteiger partial charge in [0.05, 0.1) is 11.9 Å². The zero-order valence-corrected chi connectivity index (χ0v) is 15.8. The maximum Gasteiger partial charge on any atom is 0.255 e. The molecule has 1 fully saturated rings. The number of carbonyl (C=O) groups is 1. The Hall–Kier alpha value is -2.77. The van der Waals surface area contributed by atoms with Gasteiger partial charge in [0.2, 0.25) is 5.89 Å². The summed E-state index contributed by atoms with van der Waals surface area (Å²) in [5.41, 5.74) is 2.14. The van der Waals surface area contributed by atoms with E-state index < -0.39 is 0 Å². The molecule has 0 unspecified atom stereocenters. The summed E-state index contributed by atoms with van der Waals surface area (Å²) in [5.74, 6) is 0.981. The van der Waals surface area contributed by atoms with Crippen molar-refractivity contribution >= 4 is 17.1 Å². The van der Waals surface area contributed by atoms with Gasteiger partial charge in [-0.1, -0.05) is 24.9 Å². The molecule has 142 valence electrons. The van der Waals surface area contributed by atoms with E-state index in [-0.39, 0.29) is 12.5 Å². The fourth-order valence-electron chi connectivity index (χ4n) is 3.66. The van der Waals surface area contributed by atoms with Crippen LogP contribution in [0.4, 0.5) is 0 Å². The summed E-state index contributed by atoms with van der Waals surface area (Å²) in [6.45, 7) is 4.72. The van der Waals surface area contributed by atoms with Crippen molar-refractivity contribution in [2.24, 2.45) is 0 Å². The lowest BCUT2D eigenvalue weighted by Gasteiger charge is -2.18. The summed E-state index contributed by atoms with van der Waals surface area (Å²) in [6, 6.07) is 2.30. The Kier molecular flexibility index (Phi) is 4.87. The molecular weight excluding hydrogens is 344 g/mol. The average Bonchev–Trinajstić information content (AvgIpc) is 3.44. The second-order valence-corrected chi connectivity index (χ2v) is 6.93. The van der Waals surface area contributed by atoms with Gasteiger partial charge in [-0.25, -0.2) is 9.97 Å². The number of carbonyl (C=O) groups excluding carboxylic acids is 1. The van der Waals surface area contributed by atoms with Gasteiger partial charge < -0.3 is 14.0 Å². The third-order valence-electron chi connectivity index (χ3n) is 5.20. The molecule has 1 saturated carbocycles. The van der Waals surface area contributed by atoms with Crippen LogP contribution in [0.1, 0.15) is 67.6 Å². The molecule has 4 rings (SSSR count). The van der Waals surface area contributed by atoms with Crippen LogP contribution in [0.3, 0.4) is 0 Å². The summed E-state index contributed by atoms with van der Waals surface area (Å²) in [7, 11) is 0. The van der Waals surface area contributed by atoms with Gasteiger partial charge in [0.15, 0.2) is 11.5 Å². The molecule has 0 saturated heterocycles. The zero-order valence-electron chi connectivity index (χ0n) is 15.8. The molecule has 0 spiro atoms. The van der Waals surface area contributed by atoms with Gasteiger partial charge in [0.25, 0.3) is 5.91 Å². The van der Waals surface area contributed by atoms with Crippen molar-refractivity contribution in [2.75, 3.05) is 6.54 Å². The van der Waals surface area contributed by atoms with Crippen LogP contribution in [0.15, 0.2) is 23.1 Å². The predicted molar refractivity (Wildman–Crippen MR) is 99.1 cm³/mol. The molecule has 0 atom stereocenters. The second kappa shape index (κ2) is 7.46. The Morgan fingerprint density at radius 1 is 1.30 bits per heavy atom. The number of aromatic nitrogens is 5. The topological polar surface area (TPSA) is 89.9 Å². The van der Waals surface area contributed by atoms with E-state index in [1.165, 1.54) is 25.7 Å². The molecule has 0 bridgehead atoms. The molecule has 1 aliphatic carbocycles. The molecule has 27 heavy (non-hydrogen) atoms. The highest BCUT2D eigenvalue weighted by molar-refractivity contribution is 5.96. The molecule has 0 N–H and O–H groups in total. The maximum absolute atomic E-state index is 12.9. The number of aryl methyl sites for hydroxylation is 1. The summed E-state index contributed by atoms with van der Waals surface area (Å²) >= 11 is 0. The van der Waals surface area contributed by atoms with E-state index in [4.69, 9.17) is 4.52 Å². The fraction of sp³-hybridized carbons (Fsp3) is 0.526. The van der Waals surface area contributed by atoms with Crippen LogP contribution in [0, 0.1) is 0 Å². The molecule has 0 aliphatic heterocycles. The van der Waals surface area contributed by atoms with Gasteiger partial charge in [-0.05, 0) is 25.8 Å². The first-order valence-electron chi connectivity index (χ1n) is 9.63. The van der Waals surface area contributed by atoms with Crippen molar-refractivity contribution < 1.29 is 9.32 Å². The molecule has 8 nitrogen and oxygen atoms in total. The zero-order chi connectivity index (χ0) is 18.8. The normalized spacial score (nSPS) is 14.9. The van der Waals surface area contributed by atoms with E-state index in [1.54, 1.807) is 11.1 Å². The fourth-order valence-corrected chi connectivity index (χ4v) is 3.66. The smallest absolute Gasteiger partial charge is 0.255 e. The van der Waals surface area contributed by atoms with Crippen LogP contribution in [0.25, 0.3) is 11.2 Å². The second-order valence-electron chi connectivity index (χ2n) is 6.93. The van der Waals surface area contributed by atoms with E-state index in [0.717, 1.165) is 11.2 Å². The summed E-state index contributed by atoms with van der Waals surface area (Å²) in [6.07, 6.45) is 9.04. The first-order valence-corrected chi connectivity index (χ1v) is 9.63. The Bertz CT molecular complexity index is 941. The van der Waals surface area contributed by atoms with E-state index >= 15 is 0 Å². The minimum absolute atomic E-state index is 0.112. The van der Waals surface area contributed by atoms with Crippen LogP contribution in [-0.4, -0.2) is 42.0 Å². The lowest BCUT2D eigenvalue weighted by Crippen LogP contribution is -2.30. The van der Waals surface area contributed by atoms with Gasteiger partial charge in [-0.3, -0.25) is 4.79 Å². The van der Waals surface area contributed by atoms with Gasteiger partial charge in [-0.15, -0.1) is 0 Å². The Balaban J connectivity index is 1.55. The highest BCUT2D eigenvalue weighted by Gasteiger charge is 2.22. The Morgan fingerprint density at radius 2 is 2.11 bits per heavy atom. The summed E-state index contributed by atoms with van der Waals surface area (Å²) < 4.78 is 7.37. The predicted octanol–water partition coefficient (Wildman–Crippen LogP) is 3.15. The lowest BCUT2D eigenvalue weighted by atomic mass is 10.2. The standard InChI is InChI=1S/C19H24N6O2/c1-3-16-22-17(27-23-16)11-24(4-2)19(26)13-9-15-18(20-10-13)25(12-21-15)14-7-5-6-8-14/h9-10,12,14H,3-8,11H2,1-2H3. The molecule has 3 heterocycles. The third-order valence-corrected chi connectivity index (χ3v) is 5.20. The number of amides is 1. The monoisotopic (exact) mass is 368 g/mol. The van der Waals surface area contributed by atoms with Crippen molar-refractivity contribution in [1.82, 2.24) is 29.6 Å². The van der Waals surface area contributed by atoms with Crippen molar-refractivity contribution in [3.63, 3.8) is 0 Å². The van der Waals surface area contributed by atoms with Crippen LogP contribution < -0.4 is 0 Å². The number of rotatable bonds is 6. The van der Waals surface area contributed by atoms with E-state index in [0.29, 0.717) is 36.3 Å².